The van der Waals surface area contributed by atoms with Crippen LogP contribution in [0.1, 0.15) is 10.4 Å². The maximum atomic E-state index is 11.8. The highest BCUT2D eigenvalue weighted by Gasteiger charge is 2.28. The molecule has 0 radical (unpaired) electrons. The van der Waals surface area contributed by atoms with Crippen molar-refractivity contribution in [3.8, 4) is 0 Å². The first-order valence-electron chi connectivity index (χ1n) is 5.52. The van der Waals surface area contributed by atoms with Gasteiger partial charge in [0.15, 0.2) is 0 Å². The zero-order chi connectivity index (χ0) is 13.8. The number of methoxy groups -OCH3 is 1. The van der Waals surface area contributed by atoms with Crippen LogP contribution in [0, 0.1) is 0 Å². The van der Waals surface area contributed by atoms with Crippen molar-refractivity contribution in [3.63, 3.8) is 0 Å². The van der Waals surface area contributed by atoms with E-state index in [1.54, 1.807) is 18.2 Å². The largest absolute Gasteiger partial charge is 0.465 e. The first kappa shape index (κ1) is 12.9. The van der Waals surface area contributed by atoms with Crippen molar-refractivity contribution in [2.45, 2.75) is 6.04 Å². The fraction of sp³-hybridized carbons (Fsp3) is 0.250. The molecule has 2 rings (SSSR count). The van der Waals surface area contributed by atoms with Crippen LogP contribution in [-0.4, -0.2) is 37.7 Å². The zero-order valence-corrected chi connectivity index (χ0v) is 10.1. The molecular formula is C12H12N2O5. The predicted molar refractivity (Wildman–Crippen MR) is 64.7 cm³/mol. The van der Waals surface area contributed by atoms with Gasteiger partial charge in [0.2, 0.25) is 0 Å². The first-order chi connectivity index (χ1) is 9.10. The molecule has 1 unspecified atom stereocenters. The number of carbonyl (C=O) groups excluding carboxylic acids is 3. The van der Waals surface area contributed by atoms with E-state index in [1.165, 1.54) is 13.2 Å². The number of hydrogen-bond acceptors (Lipinski definition) is 5. The minimum atomic E-state index is -0.728. The van der Waals surface area contributed by atoms with Crippen LogP contribution in [0.25, 0.3) is 0 Å². The summed E-state index contributed by atoms with van der Waals surface area (Å²) in [6.07, 6.45) is -0.622. The standard InChI is InChI=1S/C12H12N2O5/c1-18-11(16)7-3-2-4-8(5-7)13-10(15)9-6-19-12(17)14-9/h2-5,9H,6H2,1H3,(H,13,15)(H,14,17). The summed E-state index contributed by atoms with van der Waals surface area (Å²) in [5.41, 5.74) is 0.765. The van der Waals surface area contributed by atoms with Crippen molar-refractivity contribution >= 4 is 23.7 Å². The van der Waals surface area contributed by atoms with Crippen molar-refractivity contribution in [1.29, 1.82) is 0 Å². The molecule has 7 nitrogen and oxygen atoms in total. The summed E-state index contributed by atoms with van der Waals surface area (Å²) in [5, 5.41) is 4.94. The van der Waals surface area contributed by atoms with Crippen molar-refractivity contribution < 1.29 is 23.9 Å². The molecule has 19 heavy (non-hydrogen) atoms. The van der Waals surface area contributed by atoms with E-state index in [-0.39, 0.29) is 6.61 Å². The Morgan fingerprint density at radius 3 is 2.89 bits per heavy atom. The van der Waals surface area contributed by atoms with Gasteiger partial charge in [-0.05, 0) is 18.2 Å². The molecule has 1 atom stereocenters. The van der Waals surface area contributed by atoms with Crippen molar-refractivity contribution in [2.24, 2.45) is 0 Å². The number of esters is 1. The lowest BCUT2D eigenvalue weighted by atomic mass is 10.2. The summed E-state index contributed by atoms with van der Waals surface area (Å²) in [7, 11) is 1.28. The monoisotopic (exact) mass is 264 g/mol. The number of alkyl carbamates (subject to hydrolysis) is 1. The third-order valence-corrected chi connectivity index (χ3v) is 2.54. The van der Waals surface area contributed by atoms with Gasteiger partial charge in [-0.25, -0.2) is 9.59 Å². The molecule has 7 heteroatoms. The number of anilines is 1. The Labute approximate surface area is 108 Å². The topological polar surface area (TPSA) is 93.7 Å². The van der Waals surface area contributed by atoms with Gasteiger partial charge in [0.05, 0.1) is 12.7 Å². The van der Waals surface area contributed by atoms with Gasteiger partial charge in [-0.15, -0.1) is 0 Å². The summed E-state index contributed by atoms with van der Waals surface area (Å²) in [6, 6.07) is 5.57. The Hall–Kier alpha value is -2.57. The molecule has 0 spiro atoms. The third-order valence-electron chi connectivity index (χ3n) is 2.54. The average Bonchev–Trinajstić information content (AvgIpc) is 2.85. The van der Waals surface area contributed by atoms with Gasteiger partial charge in [0, 0.05) is 5.69 Å². The number of rotatable bonds is 3. The lowest BCUT2D eigenvalue weighted by molar-refractivity contribution is -0.117. The fourth-order valence-electron chi connectivity index (χ4n) is 1.60. The zero-order valence-electron chi connectivity index (χ0n) is 10.1. The van der Waals surface area contributed by atoms with Gasteiger partial charge >= 0.3 is 12.1 Å². The maximum Gasteiger partial charge on any atom is 0.407 e. The Bertz CT molecular complexity index is 529. The van der Waals surface area contributed by atoms with E-state index in [9.17, 15) is 14.4 Å². The lowest BCUT2D eigenvalue weighted by Crippen LogP contribution is -2.38. The minimum Gasteiger partial charge on any atom is -0.465 e. The van der Waals surface area contributed by atoms with Crippen LogP contribution in [0.3, 0.4) is 0 Å². The van der Waals surface area contributed by atoms with E-state index in [0.717, 1.165) is 0 Å². The molecule has 1 aliphatic rings. The molecule has 1 saturated heterocycles. The second-order valence-electron chi connectivity index (χ2n) is 3.86. The molecule has 1 aromatic carbocycles. The molecule has 1 aromatic rings. The molecule has 2 amide bonds. The summed E-state index contributed by atoms with van der Waals surface area (Å²) < 4.78 is 9.20. The van der Waals surface area contributed by atoms with Crippen LogP contribution in [0.2, 0.25) is 0 Å². The lowest BCUT2D eigenvalue weighted by Gasteiger charge is -2.09. The molecule has 2 N–H and O–H groups in total. The summed E-state index contributed by atoms with van der Waals surface area (Å²) >= 11 is 0. The van der Waals surface area contributed by atoms with Gasteiger partial charge in [-0.3, -0.25) is 4.79 Å². The van der Waals surface area contributed by atoms with Crippen molar-refractivity contribution in [2.75, 3.05) is 19.0 Å². The van der Waals surface area contributed by atoms with Crippen LogP contribution in [0.4, 0.5) is 10.5 Å². The molecule has 0 aliphatic carbocycles. The van der Waals surface area contributed by atoms with E-state index < -0.39 is 24.0 Å². The van der Waals surface area contributed by atoms with Gasteiger partial charge in [-0.1, -0.05) is 6.07 Å². The molecule has 1 aliphatic heterocycles. The third kappa shape index (κ3) is 3.01. The molecular weight excluding hydrogens is 252 g/mol. The van der Waals surface area contributed by atoms with E-state index >= 15 is 0 Å². The van der Waals surface area contributed by atoms with Crippen molar-refractivity contribution in [3.05, 3.63) is 29.8 Å². The smallest absolute Gasteiger partial charge is 0.407 e. The summed E-state index contributed by atoms with van der Waals surface area (Å²) in [6.45, 7) is -0.0125. The number of amides is 2. The Morgan fingerprint density at radius 1 is 1.47 bits per heavy atom. The maximum absolute atomic E-state index is 11.8. The van der Waals surface area contributed by atoms with Crippen molar-refractivity contribution in [1.82, 2.24) is 5.32 Å². The predicted octanol–water partition coefficient (Wildman–Crippen LogP) is 0.520. The highest BCUT2D eigenvalue weighted by atomic mass is 16.6. The summed E-state index contributed by atoms with van der Waals surface area (Å²) in [5.74, 6) is -0.901. The van der Waals surface area contributed by atoms with Gasteiger partial charge in [0.25, 0.3) is 5.91 Å². The molecule has 0 bridgehead atoms. The SMILES string of the molecule is COC(=O)c1cccc(NC(=O)C2COC(=O)N2)c1. The molecule has 1 fully saturated rings. The van der Waals surface area contributed by atoms with E-state index in [0.29, 0.717) is 11.3 Å². The van der Waals surface area contributed by atoms with Crippen LogP contribution in [0.15, 0.2) is 24.3 Å². The summed E-state index contributed by atoms with van der Waals surface area (Å²) in [4.78, 5) is 33.9. The van der Waals surface area contributed by atoms with Gasteiger partial charge < -0.3 is 20.1 Å². The number of benzene rings is 1. The second kappa shape index (κ2) is 5.38. The Morgan fingerprint density at radius 2 is 2.26 bits per heavy atom. The quantitative estimate of drug-likeness (QED) is 0.776. The van der Waals surface area contributed by atoms with Gasteiger partial charge in [0.1, 0.15) is 12.6 Å². The Balaban J connectivity index is 2.04. The van der Waals surface area contributed by atoms with E-state index in [1.807, 2.05) is 0 Å². The van der Waals surface area contributed by atoms with Crippen LogP contribution >= 0.6 is 0 Å². The number of carbonyl (C=O) groups is 3. The second-order valence-corrected chi connectivity index (χ2v) is 3.86. The van der Waals surface area contributed by atoms with Crippen LogP contribution in [0.5, 0.6) is 0 Å². The average molecular weight is 264 g/mol. The minimum absolute atomic E-state index is 0.0125. The van der Waals surface area contributed by atoms with E-state index in [4.69, 9.17) is 0 Å². The first-order valence-corrected chi connectivity index (χ1v) is 5.52. The highest BCUT2D eigenvalue weighted by Crippen LogP contribution is 2.12. The number of hydrogen-bond donors (Lipinski definition) is 2. The highest BCUT2D eigenvalue weighted by molar-refractivity contribution is 5.99. The molecule has 0 saturated carbocycles. The van der Waals surface area contributed by atoms with Crippen LogP contribution < -0.4 is 10.6 Å². The fourth-order valence-corrected chi connectivity index (χ4v) is 1.60. The van der Waals surface area contributed by atoms with Crippen LogP contribution in [-0.2, 0) is 14.3 Å². The molecule has 1 heterocycles. The molecule has 0 aromatic heterocycles. The normalized spacial score (nSPS) is 17.3. The number of cyclic esters (lactones) is 1. The van der Waals surface area contributed by atoms with Gasteiger partial charge in [-0.2, -0.15) is 0 Å². The molecule has 100 valence electrons. The number of ether oxygens (including phenoxy) is 2. The Kier molecular flexibility index (Phi) is 3.65. The number of nitrogens with one attached hydrogen (secondary N) is 2. The van der Waals surface area contributed by atoms with E-state index in [2.05, 4.69) is 20.1 Å².